The SMILES string of the molecule is CCn1ncc(-c2nc3c(=S)nc[nH]c3n2C)c1C.Cc1nc(C(=O)N2CCCC2)co1. The normalized spacial score (nSPS) is 13.4. The third-order valence-electron chi connectivity index (χ3n) is 5.56. The Labute approximate surface area is 190 Å². The number of aromatic nitrogens is 7. The zero-order valence-electron chi connectivity index (χ0n) is 18.6. The van der Waals surface area contributed by atoms with E-state index in [1.54, 1.807) is 13.3 Å². The van der Waals surface area contributed by atoms with Crippen molar-refractivity contribution < 1.29 is 9.21 Å². The topological polar surface area (TPSA) is 111 Å². The van der Waals surface area contributed by atoms with Gasteiger partial charge in [-0.25, -0.2) is 15.0 Å². The molecule has 10 nitrogen and oxygen atoms in total. The van der Waals surface area contributed by atoms with Gasteiger partial charge in [0, 0.05) is 39.3 Å². The summed E-state index contributed by atoms with van der Waals surface area (Å²) < 4.78 is 9.43. The molecule has 168 valence electrons. The van der Waals surface area contributed by atoms with Crippen LogP contribution in [0.4, 0.5) is 0 Å². The molecule has 11 heteroatoms. The second-order valence-electron chi connectivity index (χ2n) is 7.61. The van der Waals surface area contributed by atoms with Crippen LogP contribution in [-0.4, -0.2) is 58.2 Å². The highest BCUT2D eigenvalue weighted by molar-refractivity contribution is 7.71. The molecule has 0 saturated carbocycles. The number of H-pyrrole nitrogens is 1. The predicted octanol–water partition coefficient (Wildman–Crippen LogP) is 3.44. The second-order valence-corrected chi connectivity index (χ2v) is 8.00. The van der Waals surface area contributed by atoms with Crippen molar-refractivity contribution in [2.45, 2.75) is 40.2 Å². The van der Waals surface area contributed by atoms with E-state index in [2.05, 4.69) is 32.0 Å². The summed E-state index contributed by atoms with van der Waals surface area (Å²) in [6.45, 7) is 8.39. The molecular weight excluding hydrogens is 428 g/mol. The molecule has 5 heterocycles. The largest absolute Gasteiger partial charge is 0.448 e. The van der Waals surface area contributed by atoms with E-state index in [-0.39, 0.29) is 5.91 Å². The van der Waals surface area contributed by atoms with Gasteiger partial charge in [0.15, 0.2) is 16.2 Å². The quantitative estimate of drug-likeness (QED) is 0.472. The third kappa shape index (κ3) is 4.07. The lowest BCUT2D eigenvalue weighted by Gasteiger charge is -2.12. The maximum atomic E-state index is 11.7. The number of nitrogens with one attached hydrogen (secondary N) is 1. The van der Waals surface area contributed by atoms with Crippen LogP contribution in [0.5, 0.6) is 0 Å². The van der Waals surface area contributed by atoms with E-state index >= 15 is 0 Å². The number of carbonyl (C=O) groups is 1. The lowest BCUT2D eigenvalue weighted by atomic mass is 10.2. The summed E-state index contributed by atoms with van der Waals surface area (Å²) in [4.78, 5) is 29.2. The molecule has 1 fully saturated rings. The molecule has 1 N–H and O–H groups in total. The number of carbonyl (C=O) groups excluding carboxylic acids is 1. The predicted molar refractivity (Wildman–Crippen MR) is 122 cm³/mol. The Kier molecular flexibility index (Phi) is 6.17. The molecule has 0 aliphatic carbocycles. The van der Waals surface area contributed by atoms with Gasteiger partial charge in [0.2, 0.25) is 0 Å². The summed E-state index contributed by atoms with van der Waals surface area (Å²) >= 11 is 5.21. The summed E-state index contributed by atoms with van der Waals surface area (Å²) in [5, 5.41) is 4.36. The van der Waals surface area contributed by atoms with Gasteiger partial charge >= 0.3 is 0 Å². The number of rotatable bonds is 3. The number of imidazole rings is 1. The van der Waals surface area contributed by atoms with Gasteiger partial charge in [0.1, 0.15) is 23.3 Å². The zero-order chi connectivity index (χ0) is 22.8. The summed E-state index contributed by atoms with van der Waals surface area (Å²) in [6.07, 6.45) is 7.07. The number of amides is 1. The Bertz CT molecular complexity index is 1310. The van der Waals surface area contributed by atoms with Gasteiger partial charge in [0.05, 0.1) is 18.1 Å². The fraction of sp³-hybridized carbons (Fsp3) is 0.429. The van der Waals surface area contributed by atoms with Gasteiger partial charge in [-0.2, -0.15) is 5.10 Å². The molecule has 1 aliphatic rings. The van der Waals surface area contributed by atoms with Gasteiger partial charge in [0.25, 0.3) is 5.91 Å². The minimum absolute atomic E-state index is 0.00523. The molecule has 1 saturated heterocycles. The minimum Gasteiger partial charge on any atom is -0.448 e. The second kappa shape index (κ2) is 9.03. The van der Waals surface area contributed by atoms with E-state index in [4.69, 9.17) is 16.6 Å². The van der Waals surface area contributed by atoms with Crippen molar-refractivity contribution >= 4 is 29.3 Å². The summed E-state index contributed by atoms with van der Waals surface area (Å²) in [5.74, 6) is 1.39. The van der Waals surface area contributed by atoms with Crippen molar-refractivity contribution in [2.24, 2.45) is 7.05 Å². The highest BCUT2D eigenvalue weighted by atomic mass is 32.1. The highest BCUT2D eigenvalue weighted by Gasteiger charge is 2.21. The zero-order valence-corrected chi connectivity index (χ0v) is 19.4. The Balaban J connectivity index is 0.000000165. The molecule has 0 unspecified atom stereocenters. The van der Waals surface area contributed by atoms with Crippen LogP contribution in [0.15, 0.2) is 23.2 Å². The van der Waals surface area contributed by atoms with Crippen LogP contribution >= 0.6 is 12.2 Å². The van der Waals surface area contributed by atoms with Crippen LogP contribution in [0, 0.1) is 18.5 Å². The Morgan fingerprint density at radius 3 is 2.59 bits per heavy atom. The number of oxazole rings is 1. The molecule has 5 rings (SSSR count). The monoisotopic (exact) mass is 454 g/mol. The lowest BCUT2D eigenvalue weighted by Crippen LogP contribution is -2.27. The molecule has 0 aromatic carbocycles. The van der Waals surface area contributed by atoms with Gasteiger partial charge in [-0.05, 0) is 26.7 Å². The molecule has 0 radical (unpaired) electrons. The number of likely N-dealkylation sites (tertiary alicyclic amines) is 1. The lowest BCUT2D eigenvalue weighted by molar-refractivity contribution is 0.0787. The number of hydrogen-bond acceptors (Lipinski definition) is 7. The van der Waals surface area contributed by atoms with Crippen LogP contribution in [0.25, 0.3) is 22.6 Å². The molecule has 1 aliphatic heterocycles. The Morgan fingerprint density at radius 1 is 1.25 bits per heavy atom. The first-order valence-corrected chi connectivity index (χ1v) is 11.0. The fourth-order valence-electron chi connectivity index (χ4n) is 3.80. The fourth-order valence-corrected chi connectivity index (χ4v) is 3.99. The summed E-state index contributed by atoms with van der Waals surface area (Å²) in [5.41, 5.74) is 4.14. The third-order valence-corrected chi connectivity index (χ3v) is 5.85. The van der Waals surface area contributed by atoms with Crippen LogP contribution in [0.3, 0.4) is 0 Å². The average molecular weight is 455 g/mol. The molecule has 1 amide bonds. The smallest absolute Gasteiger partial charge is 0.275 e. The van der Waals surface area contributed by atoms with Crippen molar-refractivity contribution in [3.63, 3.8) is 0 Å². The number of aromatic amines is 1. The Hall–Kier alpha value is -3.34. The van der Waals surface area contributed by atoms with Crippen LogP contribution in [0.1, 0.15) is 41.8 Å². The van der Waals surface area contributed by atoms with E-state index in [0.29, 0.717) is 16.2 Å². The van der Waals surface area contributed by atoms with Crippen molar-refractivity contribution in [3.05, 3.63) is 40.7 Å². The van der Waals surface area contributed by atoms with E-state index in [1.807, 2.05) is 34.3 Å². The van der Waals surface area contributed by atoms with Crippen LogP contribution < -0.4 is 0 Å². The van der Waals surface area contributed by atoms with Crippen LogP contribution in [0.2, 0.25) is 0 Å². The molecule has 4 aromatic rings. The number of hydrogen-bond donors (Lipinski definition) is 1. The molecular formula is C21H26N8O2S. The van der Waals surface area contributed by atoms with E-state index in [9.17, 15) is 4.79 Å². The number of fused-ring (bicyclic) bond motifs is 1. The van der Waals surface area contributed by atoms with Gasteiger partial charge in [-0.3, -0.25) is 9.48 Å². The van der Waals surface area contributed by atoms with E-state index in [1.165, 1.54) is 6.26 Å². The van der Waals surface area contributed by atoms with Crippen molar-refractivity contribution in [1.29, 1.82) is 0 Å². The van der Waals surface area contributed by atoms with Crippen molar-refractivity contribution in [1.82, 2.24) is 39.2 Å². The van der Waals surface area contributed by atoms with Crippen LogP contribution in [-0.2, 0) is 13.6 Å². The number of aryl methyl sites for hydroxylation is 3. The van der Waals surface area contributed by atoms with Gasteiger partial charge in [-0.15, -0.1) is 0 Å². The first kappa shape index (κ1) is 21.9. The summed E-state index contributed by atoms with van der Waals surface area (Å²) in [7, 11) is 1.96. The molecule has 4 aromatic heterocycles. The standard InChI is InChI=1S/C12H14N6S.C9H12N2O2/c1-4-18-7(2)8(5-15-18)10-16-9-11(17(10)3)13-6-14-12(9)19;1-7-10-8(6-13-7)9(12)11-4-2-3-5-11/h5-6H,4H2,1-3H3,(H,13,14,19);6H,2-5H2,1H3. The van der Waals surface area contributed by atoms with E-state index < -0.39 is 0 Å². The van der Waals surface area contributed by atoms with Crippen molar-refractivity contribution in [2.75, 3.05) is 13.1 Å². The molecule has 0 bridgehead atoms. The molecule has 0 atom stereocenters. The first-order chi connectivity index (χ1) is 15.4. The van der Waals surface area contributed by atoms with Gasteiger partial charge in [-0.1, -0.05) is 12.2 Å². The summed E-state index contributed by atoms with van der Waals surface area (Å²) in [6, 6.07) is 0. The van der Waals surface area contributed by atoms with E-state index in [0.717, 1.165) is 60.7 Å². The highest BCUT2D eigenvalue weighted by Crippen LogP contribution is 2.25. The minimum atomic E-state index is -0.00523. The molecule has 0 spiro atoms. The maximum Gasteiger partial charge on any atom is 0.275 e. The molecule has 32 heavy (non-hydrogen) atoms. The maximum absolute atomic E-state index is 11.7. The van der Waals surface area contributed by atoms with Gasteiger partial charge < -0.3 is 18.9 Å². The Morgan fingerprint density at radius 2 is 2.00 bits per heavy atom. The number of nitrogens with zero attached hydrogens (tertiary/aromatic N) is 7. The average Bonchev–Trinajstić information content (AvgIpc) is 3.57. The van der Waals surface area contributed by atoms with Crippen molar-refractivity contribution in [3.8, 4) is 11.4 Å². The first-order valence-electron chi connectivity index (χ1n) is 10.5.